The highest BCUT2D eigenvalue weighted by Gasteiger charge is 2.23. The molecule has 0 aromatic rings. The van der Waals surface area contributed by atoms with Gasteiger partial charge in [0.2, 0.25) is 0 Å². The monoisotopic (exact) mass is 197 g/mol. The maximum absolute atomic E-state index is 11.5. The summed E-state index contributed by atoms with van der Waals surface area (Å²) < 4.78 is 0. The van der Waals surface area contributed by atoms with Gasteiger partial charge in [0.25, 0.3) is 0 Å². The first-order valence-corrected chi connectivity index (χ1v) is 5.87. The number of hydrogen-bond acceptors (Lipinski definition) is 2. The molecular formula is C12H23NO. The molecule has 1 aliphatic rings. The lowest BCUT2D eigenvalue weighted by Crippen LogP contribution is -2.41. The topological polar surface area (TPSA) is 20.3 Å². The quantitative estimate of drug-likeness (QED) is 0.689. The van der Waals surface area contributed by atoms with E-state index in [-0.39, 0.29) is 0 Å². The summed E-state index contributed by atoms with van der Waals surface area (Å²) >= 11 is 0. The van der Waals surface area contributed by atoms with Gasteiger partial charge in [-0.2, -0.15) is 0 Å². The molecule has 2 atom stereocenters. The second kappa shape index (κ2) is 5.50. The average molecular weight is 197 g/mol. The predicted octanol–water partition coefficient (Wildman–Crippen LogP) is 2.33. The zero-order valence-corrected chi connectivity index (χ0v) is 9.75. The number of nitrogens with zero attached hydrogens (tertiary/aromatic N) is 1. The molecule has 0 aromatic carbocycles. The predicted molar refractivity (Wildman–Crippen MR) is 59.3 cm³/mol. The largest absolute Gasteiger partial charge is 0.298 e. The Morgan fingerprint density at radius 2 is 2.07 bits per heavy atom. The van der Waals surface area contributed by atoms with Crippen molar-refractivity contribution in [1.29, 1.82) is 0 Å². The van der Waals surface area contributed by atoms with E-state index in [1.807, 2.05) is 0 Å². The van der Waals surface area contributed by atoms with Crippen LogP contribution in [0.25, 0.3) is 0 Å². The molecule has 14 heavy (non-hydrogen) atoms. The van der Waals surface area contributed by atoms with E-state index in [0.29, 0.717) is 12.3 Å². The molecule has 0 spiro atoms. The zero-order chi connectivity index (χ0) is 10.6. The van der Waals surface area contributed by atoms with Crippen molar-refractivity contribution in [2.45, 2.75) is 40.0 Å². The fraction of sp³-hybridized carbons (Fsp3) is 0.917. The van der Waals surface area contributed by atoms with E-state index < -0.39 is 0 Å². The second-order valence-electron chi connectivity index (χ2n) is 4.77. The fourth-order valence-electron chi connectivity index (χ4n) is 2.10. The molecule has 0 saturated carbocycles. The van der Waals surface area contributed by atoms with E-state index in [2.05, 4.69) is 25.7 Å². The minimum absolute atomic E-state index is 0.411. The summed E-state index contributed by atoms with van der Waals surface area (Å²) in [6.07, 6.45) is 2.99. The van der Waals surface area contributed by atoms with Crippen LogP contribution in [-0.2, 0) is 4.79 Å². The van der Waals surface area contributed by atoms with E-state index in [1.165, 1.54) is 6.42 Å². The first kappa shape index (κ1) is 11.7. The van der Waals surface area contributed by atoms with Crippen molar-refractivity contribution in [3.8, 4) is 0 Å². The van der Waals surface area contributed by atoms with Gasteiger partial charge in [-0.3, -0.25) is 9.69 Å². The normalized spacial score (nSPS) is 29.1. The molecular weight excluding hydrogens is 174 g/mol. The highest BCUT2D eigenvalue weighted by Crippen LogP contribution is 2.22. The van der Waals surface area contributed by atoms with Crippen LogP contribution >= 0.6 is 0 Å². The van der Waals surface area contributed by atoms with Gasteiger partial charge in [-0.1, -0.05) is 20.8 Å². The average Bonchev–Trinajstić information content (AvgIpc) is 2.12. The molecule has 0 N–H and O–H groups in total. The Kier molecular flexibility index (Phi) is 4.59. The van der Waals surface area contributed by atoms with Crippen LogP contribution in [-0.4, -0.2) is 30.3 Å². The third-order valence-electron chi connectivity index (χ3n) is 3.35. The maximum Gasteiger partial charge on any atom is 0.146 e. The van der Waals surface area contributed by atoms with Crippen molar-refractivity contribution in [3.63, 3.8) is 0 Å². The van der Waals surface area contributed by atoms with Crippen LogP contribution in [0, 0.1) is 11.8 Å². The van der Waals surface area contributed by atoms with Crippen molar-refractivity contribution in [3.05, 3.63) is 0 Å². The summed E-state index contributed by atoms with van der Waals surface area (Å²) in [6, 6.07) is 0. The third-order valence-corrected chi connectivity index (χ3v) is 3.35. The van der Waals surface area contributed by atoms with Gasteiger partial charge in [0.1, 0.15) is 5.78 Å². The van der Waals surface area contributed by atoms with Gasteiger partial charge < -0.3 is 0 Å². The number of hydrogen-bond donors (Lipinski definition) is 0. The molecule has 0 aromatic heterocycles. The smallest absolute Gasteiger partial charge is 0.146 e. The molecule has 1 rings (SSSR count). The summed E-state index contributed by atoms with van der Waals surface area (Å²) in [4.78, 5) is 13.8. The van der Waals surface area contributed by atoms with E-state index in [9.17, 15) is 4.79 Å². The van der Waals surface area contributed by atoms with Crippen LogP contribution in [0.1, 0.15) is 40.0 Å². The van der Waals surface area contributed by atoms with Crippen molar-refractivity contribution >= 4 is 5.78 Å². The standard InChI is InChI=1S/C12H23NO/c1-4-5-12(14)9-13-7-6-10(2)11(3)8-13/h10-11H,4-9H2,1-3H3. The minimum atomic E-state index is 0.411. The summed E-state index contributed by atoms with van der Waals surface area (Å²) in [7, 11) is 0. The molecule has 0 amide bonds. The summed E-state index contributed by atoms with van der Waals surface area (Å²) in [5.41, 5.74) is 0. The Hall–Kier alpha value is -0.370. The highest BCUT2D eigenvalue weighted by atomic mass is 16.1. The van der Waals surface area contributed by atoms with Gasteiger partial charge in [0.05, 0.1) is 6.54 Å². The van der Waals surface area contributed by atoms with Crippen molar-refractivity contribution < 1.29 is 4.79 Å². The highest BCUT2D eigenvalue weighted by molar-refractivity contribution is 5.80. The molecule has 1 fully saturated rings. The fourth-order valence-corrected chi connectivity index (χ4v) is 2.10. The summed E-state index contributed by atoms with van der Waals surface area (Å²) in [5.74, 6) is 1.99. The Labute approximate surface area is 87.7 Å². The lowest BCUT2D eigenvalue weighted by molar-refractivity contribution is -0.120. The Bertz CT molecular complexity index is 191. The summed E-state index contributed by atoms with van der Waals surface area (Å²) in [5, 5.41) is 0. The van der Waals surface area contributed by atoms with E-state index >= 15 is 0 Å². The van der Waals surface area contributed by atoms with Gasteiger partial charge in [-0.25, -0.2) is 0 Å². The molecule has 2 nitrogen and oxygen atoms in total. The van der Waals surface area contributed by atoms with E-state index in [4.69, 9.17) is 0 Å². The lowest BCUT2D eigenvalue weighted by Gasteiger charge is -2.34. The molecule has 0 aliphatic carbocycles. The first-order valence-electron chi connectivity index (χ1n) is 5.87. The molecule has 82 valence electrons. The van der Waals surface area contributed by atoms with Crippen LogP contribution in [0.3, 0.4) is 0 Å². The Morgan fingerprint density at radius 1 is 1.36 bits per heavy atom. The van der Waals surface area contributed by atoms with Crippen molar-refractivity contribution in [2.24, 2.45) is 11.8 Å². The van der Waals surface area contributed by atoms with Crippen LogP contribution in [0.5, 0.6) is 0 Å². The molecule has 1 heterocycles. The van der Waals surface area contributed by atoms with E-state index in [1.54, 1.807) is 0 Å². The molecule has 1 aliphatic heterocycles. The number of likely N-dealkylation sites (tertiary alicyclic amines) is 1. The number of piperidine rings is 1. The van der Waals surface area contributed by atoms with Crippen LogP contribution in [0.15, 0.2) is 0 Å². The SMILES string of the molecule is CCCC(=O)CN1CCC(C)C(C)C1. The number of rotatable bonds is 4. The number of ketones is 1. The number of carbonyl (C=O) groups is 1. The summed E-state index contributed by atoms with van der Waals surface area (Å²) in [6.45, 7) is 9.58. The molecule has 1 saturated heterocycles. The van der Waals surface area contributed by atoms with Gasteiger partial charge in [-0.15, -0.1) is 0 Å². The molecule has 2 unspecified atom stereocenters. The van der Waals surface area contributed by atoms with Gasteiger partial charge in [0.15, 0.2) is 0 Å². The Morgan fingerprint density at radius 3 is 2.64 bits per heavy atom. The lowest BCUT2D eigenvalue weighted by atomic mass is 9.88. The molecule has 0 bridgehead atoms. The Balaban J connectivity index is 2.29. The van der Waals surface area contributed by atoms with E-state index in [0.717, 1.165) is 37.8 Å². The van der Waals surface area contributed by atoms with Gasteiger partial charge >= 0.3 is 0 Å². The molecule has 2 heteroatoms. The number of Topliss-reactive ketones (excluding diaryl/α,β-unsaturated/α-hetero) is 1. The maximum atomic E-state index is 11.5. The van der Waals surface area contributed by atoms with Crippen LogP contribution in [0.2, 0.25) is 0 Å². The number of carbonyl (C=O) groups excluding carboxylic acids is 1. The van der Waals surface area contributed by atoms with Crippen molar-refractivity contribution in [1.82, 2.24) is 4.90 Å². The first-order chi connectivity index (χ1) is 6.63. The van der Waals surface area contributed by atoms with Crippen LogP contribution in [0.4, 0.5) is 0 Å². The van der Waals surface area contributed by atoms with Crippen LogP contribution < -0.4 is 0 Å². The van der Waals surface area contributed by atoms with Gasteiger partial charge in [0, 0.05) is 13.0 Å². The molecule has 0 radical (unpaired) electrons. The minimum Gasteiger partial charge on any atom is -0.298 e. The van der Waals surface area contributed by atoms with Crippen molar-refractivity contribution in [2.75, 3.05) is 19.6 Å². The third kappa shape index (κ3) is 3.41. The zero-order valence-electron chi connectivity index (χ0n) is 9.75. The van der Waals surface area contributed by atoms with Gasteiger partial charge in [-0.05, 0) is 31.2 Å². The second-order valence-corrected chi connectivity index (χ2v) is 4.77.